The molecule has 3 aromatic rings. The third kappa shape index (κ3) is 3.93. The number of benzene rings is 2. The highest BCUT2D eigenvalue weighted by atomic mass is 16.4. The second-order valence-corrected chi connectivity index (χ2v) is 7.13. The molecule has 1 saturated heterocycles. The van der Waals surface area contributed by atoms with Crippen LogP contribution in [0.3, 0.4) is 0 Å². The van der Waals surface area contributed by atoms with Crippen LogP contribution in [0.25, 0.3) is 11.1 Å². The number of aromatic amines is 1. The fraction of sp³-hybridized carbons (Fsp3) is 0.273. The van der Waals surface area contributed by atoms with Gasteiger partial charge in [-0.1, -0.05) is 42.5 Å². The van der Waals surface area contributed by atoms with Gasteiger partial charge >= 0.3 is 5.97 Å². The second kappa shape index (κ2) is 7.76. The van der Waals surface area contributed by atoms with Crippen molar-refractivity contribution in [3.05, 3.63) is 77.6 Å². The van der Waals surface area contributed by atoms with E-state index >= 15 is 0 Å². The summed E-state index contributed by atoms with van der Waals surface area (Å²) >= 11 is 0. The predicted octanol–water partition coefficient (Wildman–Crippen LogP) is 4.15. The Hall–Kier alpha value is -2.92. The molecular formula is C22H23N3O2. The molecule has 0 saturated carbocycles. The van der Waals surface area contributed by atoms with Gasteiger partial charge in [0.1, 0.15) is 0 Å². The Kier molecular flexibility index (Phi) is 5.03. The predicted molar refractivity (Wildman–Crippen MR) is 105 cm³/mol. The number of aromatic carboxylic acids is 1. The number of rotatable bonds is 5. The van der Waals surface area contributed by atoms with E-state index in [4.69, 9.17) is 0 Å². The summed E-state index contributed by atoms with van der Waals surface area (Å²) in [6.07, 6.45) is 4.21. The van der Waals surface area contributed by atoms with Crippen molar-refractivity contribution in [1.82, 2.24) is 15.1 Å². The van der Waals surface area contributed by atoms with E-state index in [2.05, 4.69) is 33.3 Å². The minimum absolute atomic E-state index is 0.337. The summed E-state index contributed by atoms with van der Waals surface area (Å²) in [5.41, 5.74) is 4.50. The largest absolute Gasteiger partial charge is 0.478 e. The number of carboxylic acid groups (broad SMARTS) is 1. The van der Waals surface area contributed by atoms with Gasteiger partial charge in [-0.25, -0.2) is 4.79 Å². The smallest absolute Gasteiger partial charge is 0.336 e. The van der Waals surface area contributed by atoms with Crippen LogP contribution in [-0.4, -0.2) is 39.3 Å². The molecule has 1 fully saturated rings. The third-order valence-corrected chi connectivity index (χ3v) is 5.30. The van der Waals surface area contributed by atoms with E-state index in [-0.39, 0.29) is 0 Å². The van der Waals surface area contributed by atoms with Gasteiger partial charge in [0.2, 0.25) is 0 Å². The number of hydrogen-bond acceptors (Lipinski definition) is 3. The minimum Gasteiger partial charge on any atom is -0.478 e. The van der Waals surface area contributed by atoms with E-state index in [0.717, 1.165) is 30.8 Å². The molecule has 1 aliphatic rings. The van der Waals surface area contributed by atoms with Crippen molar-refractivity contribution in [3.63, 3.8) is 0 Å². The number of piperidine rings is 1. The minimum atomic E-state index is -0.896. The molecule has 1 aliphatic heterocycles. The molecule has 0 amide bonds. The Morgan fingerprint density at radius 1 is 1.15 bits per heavy atom. The number of likely N-dealkylation sites (tertiary alicyclic amines) is 1. The number of aromatic nitrogens is 2. The Labute approximate surface area is 158 Å². The van der Waals surface area contributed by atoms with Crippen LogP contribution in [0.15, 0.2) is 60.8 Å². The summed E-state index contributed by atoms with van der Waals surface area (Å²) in [7, 11) is 0. The van der Waals surface area contributed by atoms with Crippen molar-refractivity contribution in [2.24, 2.45) is 0 Å². The van der Waals surface area contributed by atoms with Crippen LogP contribution >= 0.6 is 0 Å². The lowest BCUT2D eigenvalue weighted by Crippen LogP contribution is -2.34. The van der Waals surface area contributed by atoms with Crippen molar-refractivity contribution in [2.75, 3.05) is 13.1 Å². The standard InChI is InChI=1S/C22H23N3O2/c26-22(27)20-6-2-1-5-19(20)17-9-7-16(8-10-17)14-25-13-3-4-18(15-25)21-11-12-23-24-21/h1-2,5-12,18H,3-4,13-15H2,(H,23,24)(H,26,27). The molecule has 5 heteroatoms. The van der Waals surface area contributed by atoms with Crippen LogP contribution in [-0.2, 0) is 6.54 Å². The summed E-state index contributed by atoms with van der Waals surface area (Å²) in [6, 6.07) is 17.5. The molecule has 1 atom stereocenters. The average molecular weight is 361 g/mol. The van der Waals surface area contributed by atoms with Crippen LogP contribution in [0, 0.1) is 0 Å². The van der Waals surface area contributed by atoms with Crippen molar-refractivity contribution in [1.29, 1.82) is 0 Å². The molecule has 2 heterocycles. The normalized spacial score (nSPS) is 17.7. The molecule has 1 unspecified atom stereocenters. The summed E-state index contributed by atoms with van der Waals surface area (Å²) in [5.74, 6) is -0.379. The van der Waals surface area contributed by atoms with Gasteiger partial charge in [0, 0.05) is 30.9 Å². The van der Waals surface area contributed by atoms with Crippen LogP contribution in [0.5, 0.6) is 0 Å². The first-order valence-corrected chi connectivity index (χ1v) is 9.34. The number of carboxylic acids is 1. The summed E-state index contributed by atoms with van der Waals surface area (Å²) in [5, 5.41) is 16.6. The molecule has 2 N–H and O–H groups in total. The van der Waals surface area contributed by atoms with Gasteiger partial charge in [0.05, 0.1) is 5.56 Å². The summed E-state index contributed by atoms with van der Waals surface area (Å²) in [4.78, 5) is 13.9. The van der Waals surface area contributed by atoms with Gasteiger partial charge in [0.15, 0.2) is 0 Å². The van der Waals surface area contributed by atoms with Crippen LogP contribution in [0.2, 0.25) is 0 Å². The number of nitrogens with one attached hydrogen (secondary N) is 1. The number of nitrogens with zero attached hydrogens (tertiary/aromatic N) is 2. The van der Waals surface area contributed by atoms with E-state index in [1.165, 1.54) is 24.1 Å². The van der Waals surface area contributed by atoms with Crippen LogP contribution < -0.4 is 0 Å². The molecule has 0 radical (unpaired) electrons. The average Bonchev–Trinajstić information content (AvgIpc) is 3.24. The van der Waals surface area contributed by atoms with Gasteiger partial charge in [-0.15, -0.1) is 0 Å². The van der Waals surface area contributed by atoms with Crippen molar-refractivity contribution >= 4 is 5.97 Å². The van der Waals surface area contributed by atoms with Gasteiger partial charge in [0.25, 0.3) is 0 Å². The number of H-pyrrole nitrogens is 1. The van der Waals surface area contributed by atoms with Gasteiger partial charge in [-0.3, -0.25) is 10.00 Å². The maximum atomic E-state index is 11.4. The molecule has 2 aromatic carbocycles. The zero-order valence-electron chi connectivity index (χ0n) is 15.1. The molecule has 138 valence electrons. The van der Waals surface area contributed by atoms with E-state index < -0.39 is 5.97 Å². The highest BCUT2D eigenvalue weighted by Gasteiger charge is 2.22. The van der Waals surface area contributed by atoms with Crippen molar-refractivity contribution < 1.29 is 9.90 Å². The quantitative estimate of drug-likeness (QED) is 0.716. The SMILES string of the molecule is O=C(O)c1ccccc1-c1ccc(CN2CCCC(c3ccn[nH]3)C2)cc1. The number of carbonyl (C=O) groups is 1. The van der Waals surface area contributed by atoms with Crippen molar-refractivity contribution in [2.45, 2.75) is 25.3 Å². The molecule has 1 aromatic heterocycles. The molecule has 0 bridgehead atoms. The topological polar surface area (TPSA) is 69.2 Å². The second-order valence-electron chi connectivity index (χ2n) is 7.13. The van der Waals surface area contributed by atoms with Gasteiger partial charge < -0.3 is 5.11 Å². The lowest BCUT2D eigenvalue weighted by Gasteiger charge is -2.32. The number of hydrogen-bond donors (Lipinski definition) is 2. The Bertz CT molecular complexity index is 904. The fourth-order valence-corrected chi connectivity index (χ4v) is 3.92. The van der Waals surface area contributed by atoms with Gasteiger partial charge in [-0.05, 0) is 48.2 Å². The molecular weight excluding hydrogens is 338 g/mol. The molecule has 27 heavy (non-hydrogen) atoms. The van der Waals surface area contributed by atoms with E-state index in [9.17, 15) is 9.90 Å². The zero-order chi connectivity index (χ0) is 18.6. The first-order valence-electron chi connectivity index (χ1n) is 9.34. The van der Waals surface area contributed by atoms with E-state index in [1.807, 2.05) is 30.5 Å². The highest BCUT2D eigenvalue weighted by Crippen LogP contribution is 2.27. The fourth-order valence-electron chi connectivity index (χ4n) is 3.92. The maximum absolute atomic E-state index is 11.4. The van der Waals surface area contributed by atoms with Crippen LogP contribution in [0.4, 0.5) is 0 Å². The zero-order valence-corrected chi connectivity index (χ0v) is 15.1. The molecule has 5 nitrogen and oxygen atoms in total. The maximum Gasteiger partial charge on any atom is 0.336 e. The first kappa shape index (κ1) is 17.5. The molecule has 4 rings (SSSR count). The first-order chi connectivity index (χ1) is 13.2. The van der Waals surface area contributed by atoms with Crippen molar-refractivity contribution in [3.8, 4) is 11.1 Å². The summed E-state index contributed by atoms with van der Waals surface area (Å²) < 4.78 is 0. The molecule has 0 aliphatic carbocycles. The Balaban J connectivity index is 1.46. The van der Waals surface area contributed by atoms with Crippen LogP contribution in [0.1, 0.15) is 40.4 Å². The monoisotopic (exact) mass is 361 g/mol. The van der Waals surface area contributed by atoms with E-state index in [0.29, 0.717) is 11.5 Å². The Morgan fingerprint density at radius 3 is 2.70 bits per heavy atom. The van der Waals surface area contributed by atoms with E-state index in [1.54, 1.807) is 12.1 Å². The Morgan fingerprint density at radius 2 is 1.96 bits per heavy atom. The molecule has 0 spiro atoms. The lowest BCUT2D eigenvalue weighted by molar-refractivity contribution is 0.0697. The lowest BCUT2D eigenvalue weighted by atomic mass is 9.94. The summed E-state index contributed by atoms with van der Waals surface area (Å²) in [6.45, 7) is 3.05. The van der Waals surface area contributed by atoms with Gasteiger partial charge in [-0.2, -0.15) is 5.10 Å². The third-order valence-electron chi connectivity index (χ3n) is 5.30. The highest BCUT2D eigenvalue weighted by molar-refractivity contribution is 5.95.